The monoisotopic (exact) mass is 512 g/mol. The van der Waals surface area contributed by atoms with E-state index in [0.29, 0.717) is 0 Å². The van der Waals surface area contributed by atoms with Gasteiger partial charge in [0.15, 0.2) is 0 Å². The van der Waals surface area contributed by atoms with E-state index >= 15 is 0 Å². The summed E-state index contributed by atoms with van der Waals surface area (Å²) in [7, 11) is 0. The smallest absolute Gasteiger partial charge is 0.0254 e. The van der Waals surface area contributed by atoms with Crippen LogP contribution in [0.25, 0.3) is 44.0 Å². The summed E-state index contributed by atoms with van der Waals surface area (Å²) in [5.41, 5.74) is 6.15. The zero-order valence-electron chi connectivity index (χ0n) is 19.5. The largest absolute Gasteiger partial charge is 0.0836 e. The zero-order chi connectivity index (χ0) is 23.4. The minimum atomic E-state index is 1.10. The molecule has 0 aromatic heterocycles. The van der Waals surface area contributed by atoms with Crippen LogP contribution >= 0.6 is 15.9 Å². The Balaban J connectivity index is 0.000000120. The van der Waals surface area contributed by atoms with Gasteiger partial charge in [-0.2, -0.15) is 0 Å². The summed E-state index contributed by atoms with van der Waals surface area (Å²) in [6.07, 6.45) is 18.3. The highest BCUT2D eigenvalue weighted by atomic mass is 79.9. The molecule has 3 aliphatic rings. The molecule has 3 aliphatic carbocycles. The van der Waals surface area contributed by atoms with Gasteiger partial charge in [-0.1, -0.05) is 113 Å². The van der Waals surface area contributed by atoms with Crippen LogP contribution in [0.4, 0.5) is 0 Å². The molecule has 0 saturated carbocycles. The number of hydrogen-bond acceptors (Lipinski definition) is 0. The van der Waals surface area contributed by atoms with Crippen molar-refractivity contribution in [3.8, 4) is 0 Å². The Morgan fingerprint density at radius 3 is 2.37 bits per heavy atom. The number of fused-ring (bicyclic) bond motifs is 4. The molecule has 0 bridgehead atoms. The van der Waals surface area contributed by atoms with Crippen LogP contribution in [0.15, 0.2) is 107 Å². The predicted molar refractivity (Wildman–Crippen MR) is 154 cm³/mol. The Labute approximate surface area is 213 Å². The SMILES string of the molecule is Brc1ccc2ccc3cccc4ccc1c2c34.C1=CCc2c3c(ccc2=C1)=C1CCC=CC1=CC3. The van der Waals surface area contributed by atoms with E-state index in [1.54, 1.807) is 16.7 Å². The quantitative estimate of drug-likeness (QED) is 0.185. The summed E-state index contributed by atoms with van der Waals surface area (Å²) in [5, 5.41) is 10.9. The predicted octanol–water partition coefficient (Wildman–Crippen LogP) is 7.91. The Morgan fingerprint density at radius 2 is 1.49 bits per heavy atom. The van der Waals surface area contributed by atoms with E-state index < -0.39 is 0 Å². The van der Waals surface area contributed by atoms with Gasteiger partial charge in [-0.3, -0.25) is 0 Å². The van der Waals surface area contributed by atoms with E-state index in [1.165, 1.54) is 65.6 Å². The van der Waals surface area contributed by atoms with E-state index in [9.17, 15) is 0 Å². The molecule has 1 heteroatoms. The standard InChI is InChI=1S/C18H16.C16H9Br/c1-3-7-15-13(5-1)9-11-18-16-8-4-2-6-14(16)10-12-17(15)18;17-14-9-7-12-5-4-10-2-1-3-11-6-8-13(14)16(12)15(10)11/h1-3,5-6,9-11H,4,7-8,12H2;1-9H. The summed E-state index contributed by atoms with van der Waals surface area (Å²) >= 11 is 3.64. The summed E-state index contributed by atoms with van der Waals surface area (Å²) < 4.78 is 1.17. The molecule has 0 radical (unpaired) electrons. The average Bonchev–Trinajstić information content (AvgIpc) is 2.93. The number of hydrogen-bond donors (Lipinski definition) is 0. The van der Waals surface area contributed by atoms with Crippen molar-refractivity contribution in [2.75, 3.05) is 0 Å². The second-order valence-electron chi connectivity index (χ2n) is 9.65. The summed E-state index contributed by atoms with van der Waals surface area (Å²) in [6, 6.07) is 24.2. The molecule has 0 heterocycles. The van der Waals surface area contributed by atoms with Gasteiger partial charge in [0.05, 0.1) is 0 Å². The molecule has 0 aliphatic heterocycles. The first-order valence-corrected chi connectivity index (χ1v) is 13.3. The normalized spacial score (nSPS) is 15.8. The summed E-state index contributed by atoms with van der Waals surface area (Å²) in [5.74, 6) is 0. The topological polar surface area (TPSA) is 0 Å². The summed E-state index contributed by atoms with van der Waals surface area (Å²) in [6.45, 7) is 0. The molecule has 0 unspecified atom stereocenters. The molecule has 5 aromatic carbocycles. The molecule has 0 nitrogen and oxygen atoms in total. The van der Waals surface area contributed by atoms with Crippen LogP contribution in [0.1, 0.15) is 24.0 Å². The second-order valence-corrected chi connectivity index (χ2v) is 10.5. The lowest BCUT2D eigenvalue weighted by Gasteiger charge is -2.21. The molecular formula is C34H25Br. The Bertz CT molecular complexity index is 1830. The lowest BCUT2D eigenvalue weighted by Crippen LogP contribution is -2.26. The van der Waals surface area contributed by atoms with Crippen molar-refractivity contribution in [3.63, 3.8) is 0 Å². The molecular weight excluding hydrogens is 488 g/mol. The van der Waals surface area contributed by atoms with E-state index in [-0.39, 0.29) is 0 Å². The average molecular weight is 513 g/mol. The van der Waals surface area contributed by atoms with Crippen molar-refractivity contribution < 1.29 is 0 Å². The molecule has 5 aromatic rings. The van der Waals surface area contributed by atoms with Gasteiger partial charge in [-0.15, -0.1) is 0 Å². The van der Waals surface area contributed by atoms with E-state index in [1.807, 2.05) is 0 Å². The van der Waals surface area contributed by atoms with Gasteiger partial charge in [0.25, 0.3) is 0 Å². The third kappa shape index (κ3) is 3.41. The lowest BCUT2D eigenvalue weighted by molar-refractivity contribution is 1.000. The summed E-state index contributed by atoms with van der Waals surface area (Å²) in [4.78, 5) is 0. The maximum atomic E-state index is 3.64. The van der Waals surface area contributed by atoms with Crippen molar-refractivity contribution >= 4 is 59.9 Å². The molecule has 8 rings (SSSR count). The minimum Gasteiger partial charge on any atom is -0.0836 e. The van der Waals surface area contributed by atoms with Crippen LogP contribution in [0.5, 0.6) is 0 Å². The number of halogens is 1. The fourth-order valence-corrected chi connectivity index (χ4v) is 6.52. The second kappa shape index (κ2) is 8.36. The number of benzene rings is 5. The first-order valence-electron chi connectivity index (χ1n) is 12.5. The van der Waals surface area contributed by atoms with Crippen LogP contribution < -0.4 is 10.4 Å². The fraction of sp³-hybridized carbons (Fsp3) is 0.118. The Morgan fingerprint density at radius 1 is 0.686 bits per heavy atom. The van der Waals surface area contributed by atoms with Crippen LogP contribution in [-0.4, -0.2) is 0 Å². The van der Waals surface area contributed by atoms with E-state index in [4.69, 9.17) is 0 Å². The number of rotatable bonds is 0. The highest BCUT2D eigenvalue weighted by Gasteiger charge is 2.16. The van der Waals surface area contributed by atoms with Crippen LogP contribution in [0, 0.1) is 0 Å². The van der Waals surface area contributed by atoms with Crippen molar-refractivity contribution in [2.45, 2.75) is 25.7 Å². The Kier molecular flexibility index (Phi) is 4.99. The van der Waals surface area contributed by atoms with Gasteiger partial charge < -0.3 is 0 Å². The first-order chi connectivity index (χ1) is 17.3. The van der Waals surface area contributed by atoms with Gasteiger partial charge in [0.1, 0.15) is 0 Å². The highest BCUT2D eigenvalue weighted by molar-refractivity contribution is 9.10. The minimum absolute atomic E-state index is 1.10. The van der Waals surface area contributed by atoms with Gasteiger partial charge in [0.2, 0.25) is 0 Å². The van der Waals surface area contributed by atoms with Crippen molar-refractivity contribution in [1.29, 1.82) is 0 Å². The highest BCUT2D eigenvalue weighted by Crippen LogP contribution is 2.37. The maximum Gasteiger partial charge on any atom is 0.0254 e. The lowest BCUT2D eigenvalue weighted by atomic mass is 9.83. The van der Waals surface area contributed by atoms with Crippen molar-refractivity contribution in [3.05, 3.63) is 129 Å². The van der Waals surface area contributed by atoms with Gasteiger partial charge in [0, 0.05) is 4.47 Å². The molecule has 0 N–H and O–H groups in total. The van der Waals surface area contributed by atoms with Gasteiger partial charge in [-0.05, 0) is 96.8 Å². The maximum absolute atomic E-state index is 3.64. The molecule has 0 atom stereocenters. The van der Waals surface area contributed by atoms with Crippen LogP contribution in [0.3, 0.4) is 0 Å². The van der Waals surface area contributed by atoms with Crippen molar-refractivity contribution in [2.24, 2.45) is 0 Å². The molecule has 0 saturated heterocycles. The number of allylic oxidation sites excluding steroid dienone is 6. The van der Waals surface area contributed by atoms with Gasteiger partial charge >= 0.3 is 0 Å². The molecule has 0 fully saturated rings. The first kappa shape index (κ1) is 20.9. The third-order valence-electron chi connectivity index (χ3n) is 7.73. The third-order valence-corrected chi connectivity index (χ3v) is 8.43. The molecule has 168 valence electrons. The van der Waals surface area contributed by atoms with E-state index in [0.717, 1.165) is 12.8 Å². The zero-order valence-corrected chi connectivity index (χ0v) is 21.1. The van der Waals surface area contributed by atoms with Crippen LogP contribution in [0.2, 0.25) is 0 Å². The molecule has 35 heavy (non-hydrogen) atoms. The Hall–Kier alpha value is -3.42. The molecule has 0 spiro atoms. The fourth-order valence-electron chi connectivity index (χ4n) is 6.06. The van der Waals surface area contributed by atoms with Gasteiger partial charge in [-0.25, -0.2) is 0 Å². The van der Waals surface area contributed by atoms with Crippen LogP contribution in [-0.2, 0) is 12.8 Å². The van der Waals surface area contributed by atoms with Crippen molar-refractivity contribution in [1.82, 2.24) is 0 Å². The molecule has 0 amide bonds. The van der Waals surface area contributed by atoms with E-state index in [2.05, 4.69) is 119 Å².